The molecule has 3 aliphatic rings. The molecule has 2 heterocycles. The highest BCUT2D eigenvalue weighted by Gasteiger charge is 2.47. The number of carbonyl (C=O) groups is 2. The summed E-state index contributed by atoms with van der Waals surface area (Å²) < 4.78 is 16.6. The Bertz CT molecular complexity index is 1780. The van der Waals surface area contributed by atoms with E-state index in [4.69, 9.17) is 54.0 Å². The van der Waals surface area contributed by atoms with Crippen molar-refractivity contribution in [3.8, 4) is 11.8 Å². The Hall–Kier alpha value is -3.63. The minimum absolute atomic E-state index is 0.0125. The van der Waals surface area contributed by atoms with E-state index in [-0.39, 0.29) is 24.4 Å². The summed E-state index contributed by atoms with van der Waals surface area (Å²) in [5, 5.41) is 11.6. The number of methoxy groups -OCH3 is 2. The fourth-order valence-electron chi connectivity index (χ4n) is 7.01. The van der Waals surface area contributed by atoms with Gasteiger partial charge in [0.25, 0.3) is 0 Å². The number of hydrogen-bond acceptors (Lipinski definition) is 8. The molecule has 1 saturated heterocycles. The van der Waals surface area contributed by atoms with Crippen LogP contribution in [0.5, 0.6) is 5.75 Å². The normalized spacial score (nSPS) is 20.4. The van der Waals surface area contributed by atoms with Gasteiger partial charge in [0.05, 0.1) is 55.5 Å². The highest BCUT2D eigenvalue weighted by molar-refractivity contribution is 6.32. The fraction of sp³-hybridized carbons (Fsp3) is 0.500. The number of amidine groups is 1. The Balaban J connectivity index is 1.52. The molecule has 3 amide bonds. The van der Waals surface area contributed by atoms with Crippen molar-refractivity contribution in [2.45, 2.75) is 44.7 Å². The average molecular weight is 800 g/mol. The van der Waals surface area contributed by atoms with Gasteiger partial charge in [0, 0.05) is 74.5 Å². The van der Waals surface area contributed by atoms with E-state index in [9.17, 15) is 10.1 Å². The largest absolute Gasteiger partial charge is 0.493 e. The molecule has 1 aliphatic carbocycles. The van der Waals surface area contributed by atoms with Crippen LogP contribution in [0.4, 0.5) is 4.79 Å². The molecule has 0 radical (unpaired) electrons. The van der Waals surface area contributed by atoms with E-state index in [2.05, 4.69) is 17.0 Å². The third kappa shape index (κ3) is 9.59. The van der Waals surface area contributed by atoms with Crippen molar-refractivity contribution in [1.82, 2.24) is 19.6 Å². The van der Waals surface area contributed by atoms with E-state index in [1.165, 1.54) is 0 Å². The van der Waals surface area contributed by atoms with Crippen molar-refractivity contribution in [2.75, 3.05) is 79.9 Å². The molecule has 14 heteroatoms. The SMILES string of the molecule is CCOc1cc(C(C)(C)C#N)c(Cl)cc1C1=N[C@@H](C2C=CC(Cl)=CC2)[C@@H](c2ccc(Cl)cc2)N1C(=O)N1CCN(CC(=O)N(CCOC)CCOC)CC1. The van der Waals surface area contributed by atoms with Crippen LogP contribution in [0, 0.1) is 17.2 Å². The van der Waals surface area contributed by atoms with Crippen molar-refractivity contribution in [3.05, 3.63) is 86.4 Å². The van der Waals surface area contributed by atoms with Crippen LogP contribution in [-0.2, 0) is 19.7 Å². The lowest BCUT2D eigenvalue weighted by Crippen LogP contribution is -2.56. The lowest BCUT2D eigenvalue weighted by Gasteiger charge is -2.39. The van der Waals surface area contributed by atoms with Gasteiger partial charge in [-0.1, -0.05) is 59.1 Å². The molecule has 1 unspecified atom stereocenters. The van der Waals surface area contributed by atoms with Crippen LogP contribution < -0.4 is 4.74 Å². The van der Waals surface area contributed by atoms with Crippen molar-refractivity contribution >= 4 is 52.6 Å². The van der Waals surface area contributed by atoms with E-state index in [1.54, 1.807) is 50.0 Å². The number of nitrogens with zero attached hydrogens (tertiary/aromatic N) is 6. The maximum absolute atomic E-state index is 15.1. The van der Waals surface area contributed by atoms with Crippen LogP contribution in [0.15, 0.2) is 64.7 Å². The zero-order valence-corrected chi connectivity index (χ0v) is 33.8. The summed E-state index contributed by atoms with van der Waals surface area (Å²) in [6.45, 7) is 9.70. The lowest BCUT2D eigenvalue weighted by molar-refractivity contribution is -0.134. The standard InChI is InChI=1S/C40H49Cl3N6O5/c1-6-54-34-24-32(40(2,3)26-44)33(43)23-31(34)38-45-36(27-7-11-29(41)12-8-27)37(28-9-13-30(42)14-10-28)49(38)39(51)48-17-15-46(16-18-48)25-35(50)47(19-21-52-4)20-22-53-5/h7,9-14,23-24,27,36-37H,6,8,15-22,25H2,1-5H3/t27?,36-,37+/m0/s1. The highest BCUT2D eigenvalue weighted by Crippen LogP contribution is 2.44. The minimum atomic E-state index is -0.896. The fourth-order valence-corrected chi connectivity index (χ4v) is 7.70. The topological polar surface area (TPSA) is 111 Å². The molecule has 0 bridgehead atoms. The van der Waals surface area contributed by atoms with Gasteiger partial charge in [0.15, 0.2) is 0 Å². The Morgan fingerprint density at radius 3 is 2.26 bits per heavy atom. The number of rotatable bonds is 14. The molecule has 5 rings (SSSR count). The van der Waals surface area contributed by atoms with Gasteiger partial charge >= 0.3 is 6.03 Å². The lowest BCUT2D eigenvalue weighted by atomic mass is 9.85. The van der Waals surface area contributed by atoms with E-state index in [1.807, 2.05) is 48.2 Å². The van der Waals surface area contributed by atoms with Crippen molar-refractivity contribution in [2.24, 2.45) is 10.9 Å². The second-order valence-electron chi connectivity index (χ2n) is 14.1. The third-order valence-corrected chi connectivity index (χ3v) is 10.9. The zero-order chi connectivity index (χ0) is 39.0. The molecule has 290 valence electrons. The monoisotopic (exact) mass is 798 g/mol. The van der Waals surface area contributed by atoms with Gasteiger partial charge in [-0.2, -0.15) is 5.26 Å². The first-order valence-electron chi connectivity index (χ1n) is 18.2. The number of carbonyl (C=O) groups excluding carboxylic acids is 2. The molecule has 0 N–H and O–H groups in total. The second kappa shape index (κ2) is 18.8. The molecule has 0 saturated carbocycles. The van der Waals surface area contributed by atoms with E-state index in [0.717, 1.165) is 5.56 Å². The summed E-state index contributed by atoms with van der Waals surface area (Å²) in [4.78, 5) is 41.1. The Labute approximate surface area is 333 Å². The zero-order valence-electron chi connectivity index (χ0n) is 31.6. The first-order valence-corrected chi connectivity index (χ1v) is 19.4. The van der Waals surface area contributed by atoms with Gasteiger partial charge in [-0.15, -0.1) is 0 Å². The third-order valence-electron chi connectivity index (χ3n) is 10.1. The summed E-state index contributed by atoms with van der Waals surface area (Å²) in [5.74, 6) is 0.812. The highest BCUT2D eigenvalue weighted by atomic mass is 35.5. The smallest absolute Gasteiger partial charge is 0.326 e. The van der Waals surface area contributed by atoms with Crippen LogP contribution in [0.1, 0.15) is 49.9 Å². The number of urea groups is 1. The van der Waals surface area contributed by atoms with Crippen LogP contribution >= 0.6 is 34.8 Å². The first-order chi connectivity index (χ1) is 25.9. The Morgan fingerprint density at radius 2 is 1.69 bits per heavy atom. The van der Waals surface area contributed by atoms with Gasteiger partial charge in [-0.05, 0) is 68.7 Å². The molecule has 3 atom stereocenters. The van der Waals surface area contributed by atoms with Gasteiger partial charge in [-0.3, -0.25) is 19.6 Å². The van der Waals surface area contributed by atoms with E-state index < -0.39 is 17.5 Å². The number of aliphatic imine (C=N–C) groups is 1. The van der Waals surface area contributed by atoms with Crippen molar-refractivity contribution < 1.29 is 23.8 Å². The van der Waals surface area contributed by atoms with Gasteiger partial charge < -0.3 is 24.0 Å². The molecule has 2 aromatic rings. The number of hydrogen-bond donors (Lipinski definition) is 0. The maximum atomic E-state index is 15.1. The molecule has 2 aromatic carbocycles. The quantitative estimate of drug-likeness (QED) is 0.204. The Kier molecular flexibility index (Phi) is 14.5. The second-order valence-corrected chi connectivity index (χ2v) is 15.3. The van der Waals surface area contributed by atoms with E-state index in [0.29, 0.717) is 103 Å². The molecular formula is C40H49Cl3N6O5. The number of nitriles is 1. The van der Waals surface area contributed by atoms with Crippen LogP contribution in [0.25, 0.3) is 0 Å². The predicted molar refractivity (Wildman–Crippen MR) is 213 cm³/mol. The number of amides is 3. The van der Waals surface area contributed by atoms with Crippen molar-refractivity contribution in [3.63, 3.8) is 0 Å². The van der Waals surface area contributed by atoms with Gasteiger partial charge in [0.1, 0.15) is 11.6 Å². The van der Waals surface area contributed by atoms with Gasteiger partial charge in [0.2, 0.25) is 5.91 Å². The molecule has 0 aromatic heterocycles. The summed E-state index contributed by atoms with van der Waals surface area (Å²) in [6.07, 6.45) is 6.54. The van der Waals surface area contributed by atoms with Gasteiger partial charge in [-0.25, -0.2) is 4.79 Å². The summed E-state index contributed by atoms with van der Waals surface area (Å²) in [5.41, 5.74) is 1.14. The number of allylic oxidation sites excluding steroid dienone is 3. The van der Waals surface area contributed by atoms with Crippen LogP contribution in [0.2, 0.25) is 10.0 Å². The minimum Gasteiger partial charge on any atom is -0.493 e. The molecule has 54 heavy (non-hydrogen) atoms. The van der Waals surface area contributed by atoms with Crippen LogP contribution in [0.3, 0.4) is 0 Å². The first kappa shape index (κ1) is 41.5. The molecule has 2 aliphatic heterocycles. The summed E-state index contributed by atoms with van der Waals surface area (Å²) in [7, 11) is 3.22. The molecular weight excluding hydrogens is 751 g/mol. The number of benzene rings is 2. The summed E-state index contributed by atoms with van der Waals surface area (Å²) in [6, 6.07) is 12.3. The summed E-state index contributed by atoms with van der Waals surface area (Å²) >= 11 is 19.7. The molecule has 11 nitrogen and oxygen atoms in total. The van der Waals surface area contributed by atoms with Crippen molar-refractivity contribution in [1.29, 1.82) is 5.26 Å². The number of piperazine rings is 1. The number of halogens is 3. The maximum Gasteiger partial charge on any atom is 0.326 e. The number of ether oxygens (including phenoxy) is 3. The molecule has 1 fully saturated rings. The Morgan fingerprint density at radius 1 is 1.02 bits per heavy atom. The molecule has 0 spiro atoms. The predicted octanol–water partition coefficient (Wildman–Crippen LogP) is 6.92. The average Bonchev–Trinajstić information content (AvgIpc) is 3.56. The van der Waals surface area contributed by atoms with Crippen LogP contribution in [-0.4, -0.2) is 123 Å². The van der Waals surface area contributed by atoms with E-state index >= 15 is 4.79 Å².